The molecule has 0 aromatic carbocycles. The zero-order valence-corrected chi connectivity index (χ0v) is 10.9. The van der Waals surface area contributed by atoms with E-state index in [2.05, 4.69) is 24.9 Å². The maximum Gasteiger partial charge on any atom is 0.213 e. The number of rotatable bonds is 7. The molecule has 90 valence electrons. The van der Waals surface area contributed by atoms with E-state index in [0.717, 1.165) is 49.4 Å². The Morgan fingerprint density at radius 1 is 1.25 bits per heavy atom. The van der Waals surface area contributed by atoms with Crippen molar-refractivity contribution in [2.45, 2.75) is 45.4 Å². The normalized spacial score (nSPS) is 10.4. The fourth-order valence-corrected chi connectivity index (χ4v) is 1.63. The molecular weight excluding hydrogens is 222 g/mol. The van der Waals surface area contributed by atoms with Crippen molar-refractivity contribution in [2.24, 2.45) is 0 Å². The van der Waals surface area contributed by atoms with Crippen LogP contribution < -0.4 is 4.74 Å². The summed E-state index contributed by atoms with van der Waals surface area (Å²) in [6.45, 7) is 5.03. The van der Waals surface area contributed by atoms with Gasteiger partial charge in [0.2, 0.25) is 5.88 Å². The van der Waals surface area contributed by atoms with Gasteiger partial charge in [0, 0.05) is 17.6 Å². The third-order valence-corrected chi connectivity index (χ3v) is 2.63. The quantitative estimate of drug-likeness (QED) is 0.533. The summed E-state index contributed by atoms with van der Waals surface area (Å²) >= 11 is 5.85. The summed E-state index contributed by atoms with van der Waals surface area (Å²) in [4.78, 5) is 4.46. The molecule has 0 spiro atoms. The second kappa shape index (κ2) is 7.50. The number of aryl methyl sites for hydroxylation is 1. The molecule has 0 atom stereocenters. The zero-order chi connectivity index (χ0) is 11.8. The molecule has 1 rings (SSSR count). The summed E-state index contributed by atoms with van der Waals surface area (Å²) in [5.41, 5.74) is 2.17. The predicted octanol–water partition coefficient (Wildman–Crippen LogP) is 3.95. The lowest BCUT2D eigenvalue weighted by atomic mass is 10.2. The molecule has 0 radical (unpaired) electrons. The van der Waals surface area contributed by atoms with E-state index in [9.17, 15) is 0 Å². The molecular formula is C13H20ClNO. The van der Waals surface area contributed by atoms with Crippen LogP contribution in [-0.4, -0.2) is 11.6 Å². The van der Waals surface area contributed by atoms with E-state index < -0.39 is 0 Å². The Labute approximate surface area is 103 Å². The minimum atomic E-state index is 0.517. The molecule has 0 fully saturated rings. The number of aromatic nitrogens is 1. The topological polar surface area (TPSA) is 22.1 Å². The second-order valence-electron chi connectivity index (χ2n) is 3.89. The highest BCUT2D eigenvalue weighted by molar-refractivity contribution is 6.17. The average molecular weight is 242 g/mol. The van der Waals surface area contributed by atoms with Crippen molar-refractivity contribution < 1.29 is 4.74 Å². The number of nitrogens with zero attached hydrogens (tertiary/aromatic N) is 1. The Kier molecular flexibility index (Phi) is 6.24. The number of unbranched alkanes of at least 4 members (excludes halogenated alkanes) is 1. The Morgan fingerprint density at radius 2 is 2.06 bits per heavy atom. The molecule has 1 aromatic rings. The van der Waals surface area contributed by atoms with E-state index in [4.69, 9.17) is 16.3 Å². The molecule has 0 N–H and O–H groups in total. The molecule has 1 aromatic heterocycles. The maximum absolute atomic E-state index is 5.85. The van der Waals surface area contributed by atoms with Gasteiger partial charge in [-0.1, -0.05) is 26.7 Å². The summed E-state index contributed by atoms with van der Waals surface area (Å²) in [5.74, 6) is 1.23. The number of ether oxygens (including phenoxy) is 1. The standard InChI is InChI=1S/C13H20ClNO/c1-3-5-7-16-13-9-11(10-14)8-12(15-13)6-4-2/h8-9H,3-7,10H2,1-2H3. The van der Waals surface area contributed by atoms with Gasteiger partial charge in [0.1, 0.15) is 0 Å². The van der Waals surface area contributed by atoms with Crippen molar-refractivity contribution in [1.82, 2.24) is 4.98 Å². The summed E-state index contributed by atoms with van der Waals surface area (Å²) in [6.07, 6.45) is 4.27. The van der Waals surface area contributed by atoms with Gasteiger partial charge in [-0.05, 0) is 24.5 Å². The molecule has 1 heterocycles. The smallest absolute Gasteiger partial charge is 0.213 e. The van der Waals surface area contributed by atoms with E-state index in [1.807, 2.05) is 6.07 Å². The van der Waals surface area contributed by atoms with Gasteiger partial charge in [-0.3, -0.25) is 0 Å². The van der Waals surface area contributed by atoms with Crippen LogP contribution in [0.15, 0.2) is 12.1 Å². The van der Waals surface area contributed by atoms with Crippen LogP contribution in [0.3, 0.4) is 0 Å². The summed E-state index contributed by atoms with van der Waals surface area (Å²) < 4.78 is 5.61. The third-order valence-electron chi connectivity index (χ3n) is 2.32. The zero-order valence-electron chi connectivity index (χ0n) is 10.1. The number of hydrogen-bond acceptors (Lipinski definition) is 2. The van der Waals surface area contributed by atoms with Crippen molar-refractivity contribution in [2.75, 3.05) is 6.61 Å². The van der Waals surface area contributed by atoms with Crippen LogP contribution in [0.1, 0.15) is 44.4 Å². The molecule has 0 saturated carbocycles. The first-order valence-corrected chi connectivity index (χ1v) is 6.52. The fourth-order valence-electron chi connectivity index (χ4n) is 1.48. The monoisotopic (exact) mass is 241 g/mol. The van der Waals surface area contributed by atoms with E-state index in [-0.39, 0.29) is 0 Å². The van der Waals surface area contributed by atoms with Crippen LogP contribution in [0.25, 0.3) is 0 Å². The molecule has 0 bridgehead atoms. The Morgan fingerprint density at radius 3 is 2.69 bits per heavy atom. The fraction of sp³-hybridized carbons (Fsp3) is 0.615. The van der Waals surface area contributed by atoms with Gasteiger partial charge in [0.05, 0.1) is 6.61 Å². The van der Waals surface area contributed by atoms with Gasteiger partial charge < -0.3 is 4.74 Å². The van der Waals surface area contributed by atoms with Gasteiger partial charge in [-0.25, -0.2) is 4.98 Å². The molecule has 16 heavy (non-hydrogen) atoms. The Hall–Kier alpha value is -0.760. The highest BCUT2D eigenvalue weighted by Gasteiger charge is 2.02. The largest absolute Gasteiger partial charge is 0.478 e. The van der Waals surface area contributed by atoms with Crippen molar-refractivity contribution in [3.05, 3.63) is 23.4 Å². The first kappa shape index (κ1) is 13.3. The summed E-state index contributed by atoms with van der Waals surface area (Å²) in [6, 6.07) is 3.99. The maximum atomic E-state index is 5.85. The van der Waals surface area contributed by atoms with Crippen LogP contribution in [0.4, 0.5) is 0 Å². The molecule has 0 aliphatic heterocycles. The molecule has 0 unspecified atom stereocenters. The molecule has 3 heteroatoms. The Bertz CT molecular complexity index is 315. The molecule has 0 amide bonds. The first-order chi connectivity index (χ1) is 7.80. The van der Waals surface area contributed by atoms with Crippen molar-refractivity contribution in [3.63, 3.8) is 0 Å². The van der Waals surface area contributed by atoms with Gasteiger partial charge >= 0.3 is 0 Å². The predicted molar refractivity (Wildman–Crippen MR) is 68.2 cm³/mol. The third kappa shape index (κ3) is 4.40. The van der Waals surface area contributed by atoms with Crippen molar-refractivity contribution in [1.29, 1.82) is 0 Å². The van der Waals surface area contributed by atoms with Gasteiger partial charge in [0.15, 0.2) is 0 Å². The molecule has 0 aliphatic rings. The summed E-state index contributed by atoms with van der Waals surface area (Å²) in [5, 5.41) is 0. The lowest BCUT2D eigenvalue weighted by Crippen LogP contribution is -2.01. The van der Waals surface area contributed by atoms with Crippen LogP contribution in [0.2, 0.25) is 0 Å². The minimum Gasteiger partial charge on any atom is -0.478 e. The number of pyridine rings is 1. The van der Waals surface area contributed by atoms with Gasteiger partial charge in [-0.15, -0.1) is 11.6 Å². The van der Waals surface area contributed by atoms with Crippen LogP contribution in [0, 0.1) is 0 Å². The number of halogens is 1. The van der Waals surface area contributed by atoms with Crippen molar-refractivity contribution in [3.8, 4) is 5.88 Å². The van der Waals surface area contributed by atoms with Crippen LogP contribution in [-0.2, 0) is 12.3 Å². The minimum absolute atomic E-state index is 0.517. The molecule has 0 saturated heterocycles. The number of alkyl halides is 1. The van der Waals surface area contributed by atoms with Crippen LogP contribution >= 0.6 is 11.6 Å². The summed E-state index contributed by atoms with van der Waals surface area (Å²) in [7, 11) is 0. The van der Waals surface area contributed by atoms with Crippen LogP contribution in [0.5, 0.6) is 5.88 Å². The molecule has 0 aliphatic carbocycles. The van der Waals surface area contributed by atoms with E-state index >= 15 is 0 Å². The molecule has 2 nitrogen and oxygen atoms in total. The van der Waals surface area contributed by atoms with E-state index in [0.29, 0.717) is 5.88 Å². The average Bonchev–Trinajstić information content (AvgIpc) is 2.29. The number of hydrogen-bond donors (Lipinski definition) is 0. The van der Waals surface area contributed by atoms with E-state index in [1.54, 1.807) is 0 Å². The van der Waals surface area contributed by atoms with Gasteiger partial charge in [-0.2, -0.15) is 0 Å². The van der Waals surface area contributed by atoms with Gasteiger partial charge in [0.25, 0.3) is 0 Å². The second-order valence-corrected chi connectivity index (χ2v) is 4.16. The first-order valence-electron chi connectivity index (χ1n) is 5.98. The highest BCUT2D eigenvalue weighted by atomic mass is 35.5. The highest BCUT2D eigenvalue weighted by Crippen LogP contribution is 2.16. The van der Waals surface area contributed by atoms with E-state index in [1.165, 1.54) is 0 Å². The SMILES string of the molecule is CCCCOc1cc(CCl)cc(CCC)n1. The van der Waals surface area contributed by atoms with Crippen molar-refractivity contribution >= 4 is 11.6 Å². The lowest BCUT2D eigenvalue weighted by molar-refractivity contribution is 0.296. The lowest BCUT2D eigenvalue weighted by Gasteiger charge is -2.08. The Balaban J connectivity index is 2.69.